The molecule has 4 rings (SSSR count). The third-order valence-corrected chi connectivity index (χ3v) is 5.94. The van der Waals surface area contributed by atoms with Crippen LogP contribution >= 0.6 is 0 Å². The molecule has 0 bridgehead atoms. The van der Waals surface area contributed by atoms with Gasteiger partial charge in [0.25, 0.3) is 0 Å². The van der Waals surface area contributed by atoms with E-state index in [-0.39, 0.29) is 11.6 Å². The van der Waals surface area contributed by atoms with Crippen LogP contribution in [0.25, 0.3) is 20.9 Å². The molecule has 0 aromatic carbocycles. The van der Waals surface area contributed by atoms with Crippen molar-refractivity contribution in [1.82, 2.24) is 19.1 Å². The van der Waals surface area contributed by atoms with E-state index in [4.69, 9.17) is 32.0 Å². The van der Waals surface area contributed by atoms with Crippen LogP contribution in [0.4, 0.5) is 11.6 Å². The van der Waals surface area contributed by atoms with Gasteiger partial charge in [0.05, 0.1) is 13.2 Å². The molecule has 0 spiro atoms. The number of aliphatic hydroxyl groups is 6. The molecule has 0 saturated carbocycles. The van der Waals surface area contributed by atoms with Crippen LogP contribution in [-0.2, 0) is 9.47 Å². The second-order valence-corrected chi connectivity index (χ2v) is 8.36. The highest BCUT2D eigenvalue weighted by atomic mass is 16.6. The lowest BCUT2D eigenvalue weighted by Gasteiger charge is -2.23. The minimum atomic E-state index is -2.07. The van der Waals surface area contributed by atoms with Gasteiger partial charge in [-0.05, 0) is 23.2 Å². The quantitative estimate of drug-likeness (QED) is 0.0939. The molecule has 40 heavy (non-hydrogen) atoms. The Morgan fingerprint density at radius 3 is 1.45 bits per heavy atom. The Hall–Kier alpha value is -4.34. The van der Waals surface area contributed by atoms with E-state index in [1.807, 2.05) is 0 Å². The molecule has 2 aromatic rings. The average molecular weight is 568 g/mol. The second kappa shape index (κ2) is 11.8. The van der Waals surface area contributed by atoms with Crippen LogP contribution in [0, 0.1) is 0 Å². The lowest BCUT2D eigenvalue weighted by molar-refractivity contribution is -0.125. The van der Waals surface area contributed by atoms with E-state index in [1.54, 1.807) is 0 Å². The maximum atomic E-state index is 11.7. The molecule has 10 N–H and O–H groups in total. The Labute approximate surface area is 221 Å². The summed E-state index contributed by atoms with van der Waals surface area (Å²) in [6.07, 6.45) is -6.96. The van der Waals surface area contributed by atoms with Gasteiger partial charge < -0.3 is 51.6 Å². The first kappa shape index (κ1) is 30.2. The second-order valence-electron chi connectivity index (χ2n) is 8.36. The van der Waals surface area contributed by atoms with Crippen molar-refractivity contribution < 1.29 is 40.1 Å². The number of nitrogens with two attached hydrogens (primary N) is 2. The highest BCUT2D eigenvalue weighted by molar-refractivity contribution is 5.24. The zero-order chi connectivity index (χ0) is 29.8. The Kier molecular flexibility index (Phi) is 8.92. The molecule has 0 amide bonds. The normalized spacial score (nSPS) is 32.9. The molecular weight excluding hydrogens is 544 g/mol. The van der Waals surface area contributed by atoms with E-state index < -0.39 is 72.9 Å². The number of anilines is 2. The minimum Gasteiger partial charge on any atom is -0.393 e. The fourth-order valence-corrected chi connectivity index (χ4v) is 3.87. The van der Waals surface area contributed by atoms with Crippen molar-refractivity contribution in [2.45, 2.75) is 48.3 Å². The molecule has 0 aliphatic carbocycles. The number of ether oxygens (including phenoxy) is 2. The summed E-state index contributed by atoms with van der Waals surface area (Å²) >= 11 is 0. The van der Waals surface area contributed by atoms with Crippen LogP contribution in [0.2, 0.25) is 0 Å². The van der Waals surface area contributed by atoms with Crippen LogP contribution in [0.1, 0.15) is 12.5 Å². The molecule has 2 aliphatic rings. The first-order valence-corrected chi connectivity index (χ1v) is 11.0. The predicted octanol–water partition coefficient (Wildman–Crippen LogP) is -3.85. The van der Waals surface area contributed by atoms with Gasteiger partial charge in [0.2, 0.25) is 11.4 Å². The van der Waals surface area contributed by atoms with Gasteiger partial charge in [-0.3, -0.25) is 9.13 Å². The predicted molar refractivity (Wildman–Crippen MR) is 128 cm³/mol. The van der Waals surface area contributed by atoms with Crippen molar-refractivity contribution >= 4 is 11.6 Å². The molecule has 2 aromatic heterocycles. The lowest BCUT2D eigenvalue weighted by Crippen LogP contribution is -2.44. The Morgan fingerprint density at radius 2 is 1.18 bits per heavy atom. The van der Waals surface area contributed by atoms with Crippen LogP contribution in [0.5, 0.6) is 0 Å². The highest BCUT2D eigenvalue weighted by Gasteiger charge is 2.56. The van der Waals surface area contributed by atoms with Crippen LogP contribution in [-0.4, -0.2) is 98.8 Å². The Balaban J connectivity index is 0.000000220. The molecular formula is C18H24N12O10. The zero-order valence-corrected chi connectivity index (χ0v) is 20.1. The van der Waals surface area contributed by atoms with Crippen molar-refractivity contribution in [1.29, 1.82) is 0 Å². The van der Waals surface area contributed by atoms with Gasteiger partial charge in [-0.15, -0.1) is 0 Å². The summed E-state index contributed by atoms with van der Waals surface area (Å²) in [5.41, 5.74) is 21.8. The van der Waals surface area contributed by atoms with Crippen molar-refractivity contribution in [3.63, 3.8) is 0 Å². The van der Waals surface area contributed by atoms with Crippen LogP contribution in [0.15, 0.2) is 44.3 Å². The summed E-state index contributed by atoms with van der Waals surface area (Å²) in [5.74, 6) is -0.0505. The molecule has 4 heterocycles. The van der Waals surface area contributed by atoms with Crippen molar-refractivity contribution in [3.8, 4) is 0 Å². The van der Waals surface area contributed by atoms with E-state index in [0.29, 0.717) is 0 Å². The van der Waals surface area contributed by atoms with Gasteiger partial charge in [0.1, 0.15) is 36.1 Å². The van der Waals surface area contributed by atoms with Gasteiger partial charge in [0.15, 0.2) is 12.5 Å². The number of hydrogen-bond donors (Lipinski definition) is 8. The third-order valence-electron chi connectivity index (χ3n) is 5.94. The smallest absolute Gasteiger partial charge is 0.351 e. The summed E-state index contributed by atoms with van der Waals surface area (Å²) in [5, 5.41) is 64.3. The number of azide groups is 2. The van der Waals surface area contributed by atoms with Gasteiger partial charge in [-0.25, -0.2) is 9.59 Å². The van der Waals surface area contributed by atoms with Gasteiger partial charge in [-0.2, -0.15) is 9.97 Å². The highest BCUT2D eigenvalue weighted by Crippen LogP contribution is 2.38. The maximum Gasteiger partial charge on any atom is 0.351 e. The van der Waals surface area contributed by atoms with Crippen molar-refractivity contribution in [3.05, 3.63) is 66.4 Å². The molecule has 0 radical (unpaired) electrons. The van der Waals surface area contributed by atoms with Crippen molar-refractivity contribution in [2.75, 3.05) is 24.7 Å². The largest absolute Gasteiger partial charge is 0.393 e. The molecule has 22 heteroatoms. The van der Waals surface area contributed by atoms with E-state index in [1.165, 1.54) is 24.5 Å². The third kappa shape index (κ3) is 5.38. The van der Waals surface area contributed by atoms with E-state index in [9.17, 15) is 40.2 Å². The molecule has 216 valence electrons. The van der Waals surface area contributed by atoms with E-state index >= 15 is 0 Å². The maximum absolute atomic E-state index is 11.7. The number of rotatable bonds is 6. The zero-order valence-electron chi connectivity index (χ0n) is 20.1. The van der Waals surface area contributed by atoms with E-state index in [0.717, 1.165) is 9.13 Å². The standard InChI is InChI=1S/2C9H12N6O5/c2*10-4-1-2-15(8(19)12-4)7-5(17)6(18)9(3-16,20-7)13-14-11/h2*1-2,5-7,16-18H,3H2,(H2,10,12,19)/t2*5-,6-,7+,9+/m00/s1. The SMILES string of the molecule is [N-]=[N+]=N[C@]1(CO)O[C@@H](n2ccc(N)nc2=O)[C@@H](O)[C@@H]1O.[N-]=[N+]=N[C@]1(CO)O[C@@H](n2ccc(N)nc2=O)[C@@H](O)[C@@H]1O. The summed E-state index contributed by atoms with van der Waals surface area (Å²) in [6, 6.07) is 2.58. The topological polar surface area (TPSA) is 359 Å². The van der Waals surface area contributed by atoms with Gasteiger partial charge >= 0.3 is 11.4 Å². The number of hydrogen-bond acceptors (Lipinski definition) is 16. The van der Waals surface area contributed by atoms with Crippen molar-refractivity contribution in [2.24, 2.45) is 10.2 Å². The molecule has 0 unspecified atom stereocenters. The fourth-order valence-electron chi connectivity index (χ4n) is 3.87. The first-order valence-electron chi connectivity index (χ1n) is 11.0. The first-order chi connectivity index (χ1) is 18.9. The monoisotopic (exact) mass is 568 g/mol. The fraction of sp³-hybridized carbons (Fsp3) is 0.556. The molecule has 8 atom stereocenters. The number of aromatic nitrogens is 4. The number of nitrogens with zero attached hydrogens (tertiary/aromatic N) is 10. The Morgan fingerprint density at radius 1 is 0.825 bits per heavy atom. The lowest BCUT2D eigenvalue weighted by atomic mass is 10.1. The minimum absolute atomic E-state index is 0.0252. The average Bonchev–Trinajstić information content (AvgIpc) is 3.31. The number of aliphatic hydroxyl groups excluding tert-OH is 6. The van der Waals surface area contributed by atoms with Gasteiger partial charge in [0, 0.05) is 22.2 Å². The molecule has 2 saturated heterocycles. The summed E-state index contributed by atoms with van der Waals surface area (Å²) in [7, 11) is 0. The Bertz CT molecular complexity index is 1330. The van der Waals surface area contributed by atoms with Crippen LogP contribution < -0.4 is 22.8 Å². The molecule has 2 fully saturated rings. The summed E-state index contributed by atoms with van der Waals surface area (Å²) in [6.45, 7) is -1.74. The molecule has 2 aliphatic heterocycles. The van der Waals surface area contributed by atoms with E-state index in [2.05, 4.69) is 30.0 Å². The molecule has 22 nitrogen and oxygen atoms in total. The van der Waals surface area contributed by atoms with Gasteiger partial charge in [-0.1, -0.05) is 10.2 Å². The number of nitrogen functional groups attached to an aromatic ring is 2. The summed E-state index contributed by atoms with van der Waals surface area (Å²) < 4.78 is 12.1. The summed E-state index contributed by atoms with van der Waals surface area (Å²) in [4.78, 5) is 35.1. The van der Waals surface area contributed by atoms with Crippen LogP contribution in [0.3, 0.4) is 0 Å².